The Balaban J connectivity index is 1.98. The third-order valence-electron chi connectivity index (χ3n) is 3.13. The Morgan fingerprint density at radius 2 is 2.16 bits per heavy atom. The van der Waals surface area contributed by atoms with E-state index in [-0.39, 0.29) is 0 Å². The number of rotatable bonds is 4. The van der Waals surface area contributed by atoms with Gasteiger partial charge < -0.3 is 10.2 Å². The van der Waals surface area contributed by atoms with E-state index in [1.54, 1.807) is 0 Å². The van der Waals surface area contributed by atoms with Crippen LogP contribution in [0.4, 0.5) is 5.82 Å². The van der Waals surface area contributed by atoms with Crippen LogP contribution >= 0.6 is 11.8 Å². The third-order valence-corrected chi connectivity index (χ3v) is 4.43. The lowest BCUT2D eigenvalue weighted by atomic mass is 10.2. The number of anilines is 1. The molecule has 1 aliphatic heterocycles. The molecule has 1 aliphatic rings. The SMILES string of the molecule is CC(C)NCc1cnc(N2CCSC(C)(C)C2)cn1. The topological polar surface area (TPSA) is 41.1 Å². The predicted molar refractivity (Wildman–Crippen MR) is 82.8 cm³/mol. The van der Waals surface area contributed by atoms with Crippen LogP contribution in [0.5, 0.6) is 0 Å². The number of nitrogens with one attached hydrogen (secondary N) is 1. The van der Waals surface area contributed by atoms with Crippen molar-refractivity contribution in [2.24, 2.45) is 0 Å². The second-order valence-corrected chi connectivity index (χ2v) is 7.73. The fourth-order valence-corrected chi connectivity index (χ4v) is 3.23. The summed E-state index contributed by atoms with van der Waals surface area (Å²) < 4.78 is 0.303. The molecule has 1 fully saturated rings. The first-order valence-electron chi connectivity index (χ1n) is 6.89. The minimum atomic E-state index is 0.303. The fraction of sp³-hybridized carbons (Fsp3) is 0.714. The van der Waals surface area contributed by atoms with Crippen LogP contribution < -0.4 is 10.2 Å². The molecule has 0 atom stereocenters. The van der Waals surface area contributed by atoms with Crippen LogP contribution in [0.2, 0.25) is 0 Å². The van der Waals surface area contributed by atoms with E-state index in [0.29, 0.717) is 10.8 Å². The molecule has 1 aromatic heterocycles. The summed E-state index contributed by atoms with van der Waals surface area (Å²) in [6, 6.07) is 0.474. The van der Waals surface area contributed by atoms with Crippen molar-refractivity contribution in [1.82, 2.24) is 15.3 Å². The van der Waals surface area contributed by atoms with Crippen LogP contribution in [0.15, 0.2) is 12.4 Å². The van der Waals surface area contributed by atoms with Crippen molar-refractivity contribution < 1.29 is 0 Å². The zero-order chi connectivity index (χ0) is 13.9. The average molecular weight is 280 g/mol. The molecule has 0 aliphatic carbocycles. The highest BCUT2D eigenvalue weighted by Gasteiger charge is 2.27. The van der Waals surface area contributed by atoms with Gasteiger partial charge in [-0.2, -0.15) is 11.8 Å². The average Bonchev–Trinajstić information content (AvgIpc) is 2.36. The highest BCUT2D eigenvalue weighted by molar-refractivity contribution is 8.00. The zero-order valence-corrected chi connectivity index (χ0v) is 13.1. The number of hydrogen-bond acceptors (Lipinski definition) is 5. The van der Waals surface area contributed by atoms with Gasteiger partial charge in [0.15, 0.2) is 0 Å². The van der Waals surface area contributed by atoms with Crippen LogP contribution in [-0.4, -0.2) is 39.6 Å². The molecule has 1 aromatic rings. The van der Waals surface area contributed by atoms with Crippen molar-refractivity contribution in [2.45, 2.75) is 45.0 Å². The molecular formula is C14H24N4S. The summed E-state index contributed by atoms with van der Waals surface area (Å²) in [6.07, 6.45) is 3.79. The first-order chi connectivity index (χ1) is 8.96. The molecule has 0 aromatic carbocycles. The Morgan fingerprint density at radius 1 is 1.37 bits per heavy atom. The molecule has 4 nitrogen and oxygen atoms in total. The Bertz CT molecular complexity index is 402. The van der Waals surface area contributed by atoms with Gasteiger partial charge in [0.2, 0.25) is 0 Å². The van der Waals surface area contributed by atoms with Crippen molar-refractivity contribution in [3.05, 3.63) is 18.1 Å². The summed E-state index contributed by atoms with van der Waals surface area (Å²) in [7, 11) is 0. The van der Waals surface area contributed by atoms with E-state index < -0.39 is 0 Å². The summed E-state index contributed by atoms with van der Waals surface area (Å²) >= 11 is 2.03. The zero-order valence-electron chi connectivity index (χ0n) is 12.3. The first-order valence-corrected chi connectivity index (χ1v) is 7.88. The lowest BCUT2D eigenvalue weighted by molar-refractivity contribution is 0.579. The number of aromatic nitrogens is 2. The molecule has 2 rings (SSSR count). The van der Waals surface area contributed by atoms with Crippen LogP contribution in [0.25, 0.3) is 0 Å². The molecule has 106 valence electrons. The molecule has 5 heteroatoms. The molecule has 0 unspecified atom stereocenters. The number of hydrogen-bond donors (Lipinski definition) is 1. The number of nitrogens with zero attached hydrogens (tertiary/aromatic N) is 3. The summed E-state index contributed by atoms with van der Waals surface area (Å²) in [5, 5.41) is 3.35. The summed E-state index contributed by atoms with van der Waals surface area (Å²) in [6.45, 7) is 11.7. The molecule has 2 heterocycles. The van der Waals surface area contributed by atoms with Gasteiger partial charge in [-0.15, -0.1) is 0 Å². The maximum absolute atomic E-state index is 4.56. The van der Waals surface area contributed by atoms with Crippen molar-refractivity contribution >= 4 is 17.6 Å². The first kappa shape index (κ1) is 14.6. The van der Waals surface area contributed by atoms with Gasteiger partial charge >= 0.3 is 0 Å². The normalized spacial score (nSPS) is 18.9. The minimum absolute atomic E-state index is 0.303. The van der Waals surface area contributed by atoms with Gasteiger partial charge in [-0.25, -0.2) is 4.98 Å². The van der Waals surface area contributed by atoms with Gasteiger partial charge in [0.25, 0.3) is 0 Å². The van der Waals surface area contributed by atoms with Crippen LogP contribution in [-0.2, 0) is 6.54 Å². The lowest BCUT2D eigenvalue weighted by Gasteiger charge is -2.38. The Kier molecular flexibility index (Phi) is 4.68. The Morgan fingerprint density at radius 3 is 2.74 bits per heavy atom. The Hall–Kier alpha value is -0.810. The van der Waals surface area contributed by atoms with Gasteiger partial charge in [-0.3, -0.25) is 4.98 Å². The second kappa shape index (κ2) is 6.09. The van der Waals surface area contributed by atoms with Gasteiger partial charge in [0.1, 0.15) is 5.82 Å². The van der Waals surface area contributed by atoms with E-state index in [4.69, 9.17) is 0 Å². The summed E-state index contributed by atoms with van der Waals surface area (Å²) in [5.41, 5.74) is 1.00. The van der Waals surface area contributed by atoms with E-state index in [9.17, 15) is 0 Å². The second-order valence-electron chi connectivity index (χ2n) is 5.93. The fourth-order valence-electron chi connectivity index (χ4n) is 2.12. The quantitative estimate of drug-likeness (QED) is 0.916. The molecule has 0 bridgehead atoms. The van der Waals surface area contributed by atoms with Crippen molar-refractivity contribution in [1.29, 1.82) is 0 Å². The maximum atomic E-state index is 4.56. The van der Waals surface area contributed by atoms with E-state index >= 15 is 0 Å². The van der Waals surface area contributed by atoms with Gasteiger partial charge in [-0.05, 0) is 13.8 Å². The summed E-state index contributed by atoms with van der Waals surface area (Å²) in [5.74, 6) is 2.16. The molecule has 0 spiro atoms. The number of thioether (sulfide) groups is 1. The van der Waals surface area contributed by atoms with E-state index in [0.717, 1.165) is 36.9 Å². The van der Waals surface area contributed by atoms with Crippen molar-refractivity contribution in [3.63, 3.8) is 0 Å². The van der Waals surface area contributed by atoms with Crippen molar-refractivity contribution in [3.8, 4) is 0 Å². The van der Waals surface area contributed by atoms with Crippen LogP contribution in [0.1, 0.15) is 33.4 Å². The van der Waals surface area contributed by atoms with Crippen LogP contribution in [0.3, 0.4) is 0 Å². The Labute approximate surface area is 120 Å². The van der Waals surface area contributed by atoms with Crippen LogP contribution in [0, 0.1) is 0 Å². The largest absolute Gasteiger partial charge is 0.353 e. The monoisotopic (exact) mass is 280 g/mol. The minimum Gasteiger partial charge on any atom is -0.353 e. The molecule has 19 heavy (non-hydrogen) atoms. The molecule has 1 N–H and O–H groups in total. The third kappa shape index (κ3) is 4.35. The van der Waals surface area contributed by atoms with Crippen molar-refractivity contribution in [2.75, 3.05) is 23.7 Å². The smallest absolute Gasteiger partial charge is 0.147 e. The molecule has 0 amide bonds. The summed E-state index contributed by atoms with van der Waals surface area (Å²) in [4.78, 5) is 11.4. The van der Waals surface area contributed by atoms with E-state index in [1.165, 1.54) is 0 Å². The molecule has 0 radical (unpaired) electrons. The molecule has 0 saturated carbocycles. The standard InChI is InChI=1S/C14H24N4S/c1-11(2)15-7-12-8-17-13(9-16-12)18-5-6-19-14(3,4)10-18/h8-9,11,15H,5-7,10H2,1-4H3. The van der Waals surface area contributed by atoms with Gasteiger partial charge in [-0.1, -0.05) is 13.8 Å². The van der Waals surface area contributed by atoms with E-state index in [2.05, 4.69) is 47.9 Å². The maximum Gasteiger partial charge on any atom is 0.147 e. The molecule has 1 saturated heterocycles. The molecular weight excluding hydrogens is 256 g/mol. The van der Waals surface area contributed by atoms with E-state index in [1.807, 2.05) is 24.2 Å². The highest BCUT2D eigenvalue weighted by Crippen LogP contribution is 2.31. The van der Waals surface area contributed by atoms with Gasteiger partial charge in [0, 0.05) is 36.2 Å². The van der Waals surface area contributed by atoms with Gasteiger partial charge in [0.05, 0.1) is 18.1 Å². The lowest BCUT2D eigenvalue weighted by Crippen LogP contribution is -2.43. The highest BCUT2D eigenvalue weighted by atomic mass is 32.2. The predicted octanol–water partition coefficient (Wildman–Crippen LogP) is 2.31.